The Morgan fingerprint density at radius 1 is 0.518 bits per heavy atom. The van der Waals surface area contributed by atoms with E-state index in [1.165, 1.54) is 0 Å². The van der Waals surface area contributed by atoms with Gasteiger partial charge in [-0.3, -0.25) is 0 Å². The molecule has 85 heavy (non-hydrogen) atoms. The summed E-state index contributed by atoms with van der Waals surface area (Å²) in [6, 6.07) is -0.338. The SMILES string of the molecule is C[C@H]1[C@H]2[C@H](C[C@H]3[C@@H]4CC[C@H]5C[C@@H](O[C@@H]6O[C@H](CO)[C@H](O[C@@H]7O[C@H](CO)[C@@H](O)[C@H](O[C@@H]8OC[C@@H](O)[C@H](O)[C@H]8O)[C@H]7O[C@@H]7O[C@H](CO)[C@@H](O)[C@H](O)[C@H]7O)[C@H](O)[C@H]6O)CC[C@]5(C)[C@H]4CC[C@]23C)O[C@@]2(O)C[C@H](CO[C@@H]3O[C@H](CO)[C@@H](O)[C@H](O)[C@H]3O)CN[C@@H]12. The molecule has 0 bridgehead atoms. The van der Waals surface area contributed by atoms with Crippen LogP contribution in [0.15, 0.2) is 0 Å². The van der Waals surface area contributed by atoms with E-state index in [0.717, 1.165) is 38.5 Å². The highest BCUT2D eigenvalue weighted by molar-refractivity contribution is 5.16. The van der Waals surface area contributed by atoms with Gasteiger partial charge in [0.25, 0.3) is 0 Å². The average Bonchev–Trinajstić information content (AvgIpc) is 1.68. The minimum Gasteiger partial charge on any atom is -0.394 e. The van der Waals surface area contributed by atoms with Crippen molar-refractivity contribution in [2.75, 3.05) is 46.2 Å². The van der Waals surface area contributed by atoms with E-state index >= 15 is 0 Å². The molecule has 11 fully saturated rings. The van der Waals surface area contributed by atoms with E-state index < -0.39 is 192 Å². The molecule has 7 saturated heterocycles. The second kappa shape index (κ2) is 25.7. The monoisotopic (exact) mass is 1230 g/mol. The first-order valence-electron chi connectivity index (χ1n) is 30.6. The molecule has 7 heterocycles. The van der Waals surface area contributed by atoms with Crippen LogP contribution in [0.3, 0.4) is 0 Å². The van der Waals surface area contributed by atoms with Gasteiger partial charge in [0.2, 0.25) is 0 Å². The van der Waals surface area contributed by atoms with Crippen LogP contribution in [0.2, 0.25) is 0 Å². The van der Waals surface area contributed by atoms with Gasteiger partial charge in [-0.1, -0.05) is 20.8 Å². The zero-order chi connectivity index (χ0) is 60.9. The predicted octanol–water partition coefficient (Wildman–Crippen LogP) is -6.93. The van der Waals surface area contributed by atoms with E-state index in [9.17, 15) is 86.8 Å². The van der Waals surface area contributed by atoms with Crippen molar-refractivity contribution in [3.05, 3.63) is 0 Å². The van der Waals surface area contributed by atoms with E-state index in [1.54, 1.807) is 0 Å². The van der Waals surface area contributed by atoms with Gasteiger partial charge in [-0.15, -0.1) is 0 Å². The van der Waals surface area contributed by atoms with Crippen molar-refractivity contribution in [2.24, 2.45) is 52.3 Å². The summed E-state index contributed by atoms with van der Waals surface area (Å²) in [6.07, 6.45) is -34.2. The van der Waals surface area contributed by atoms with Crippen LogP contribution in [0.5, 0.6) is 0 Å². The Labute approximate surface area is 491 Å². The summed E-state index contributed by atoms with van der Waals surface area (Å²) >= 11 is 0. The van der Waals surface area contributed by atoms with Crippen molar-refractivity contribution in [2.45, 2.75) is 250 Å². The van der Waals surface area contributed by atoms with Crippen molar-refractivity contribution < 1.29 is 139 Å². The third-order valence-electron chi connectivity index (χ3n) is 22.3. The first-order valence-corrected chi connectivity index (χ1v) is 30.6. The van der Waals surface area contributed by atoms with E-state index in [-0.39, 0.29) is 59.7 Å². The number of aliphatic hydroxyl groups excluding tert-OH is 16. The summed E-state index contributed by atoms with van der Waals surface area (Å²) in [5.41, 5.74) is -0.0920. The van der Waals surface area contributed by atoms with Gasteiger partial charge in [0.05, 0.1) is 57.9 Å². The smallest absolute Gasteiger partial charge is 0.187 e. The lowest BCUT2D eigenvalue weighted by atomic mass is 9.44. The number of hydrogen-bond acceptors (Lipinski definition) is 29. The Morgan fingerprint density at radius 3 is 1.76 bits per heavy atom. The van der Waals surface area contributed by atoms with E-state index in [0.29, 0.717) is 37.1 Å². The molecule has 29 nitrogen and oxygen atoms in total. The summed E-state index contributed by atoms with van der Waals surface area (Å²) in [6.45, 7) is 3.90. The highest BCUT2D eigenvalue weighted by Crippen LogP contribution is 2.70. The Kier molecular flexibility index (Phi) is 19.8. The van der Waals surface area contributed by atoms with Crippen LogP contribution in [0.25, 0.3) is 0 Å². The maximum Gasteiger partial charge on any atom is 0.187 e. The average molecular weight is 1230 g/mol. The second-order valence-electron chi connectivity index (χ2n) is 27.0. The predicted molar refractivity (Wildman–Crippen MR) is 280 cm³/mol. The molecule has 11 rings (SSSR count). The van der Waals surface area contributed by atoms with Gasteiger partial charge in [-0.25, -0.2) is 0 Å². The van der Waals surface area contributed by atoms with Crippen LogP contribution < -0.4 is 5.32 Å². The third kappa shape index (κ3) is 11.7. The van der Waals surface area contributed by atoms with E-state index in [2.05, 4.69) is 26.1 Å². The van der Waals surface area contributed by atoms with Crippen molar-refractivity contribution >= 4 is 0 Å². The number of hydrogen-bond donors (Lipinski definition) is 18. The molecule has 4 aliphatic carbocycles. The molecule has 18 N–H and O–H groups in total. The molecule has 37 atom stereocenters. The molecule has 0 radical (unpaired) electrons. The molecular formula is C56H93NO28. The normalized spacial score (nSPS) is 57.2. The van der Waals surface area contributed by atoms with Gasteiger partial charge in [0, 0.05) is 18.9 Å². The lowest BCUT2D eigenvalue weighted by Gasteiger charge is -2.62. The van der Waals surface area contributed by atoms with Gasteiger partial charge < -0.3 is 144 Å². The lowest BCUT2D eigenvalue weighted by Crippen LogP contribution is -2.69. The van der Waals surface area contributed by atoms with Gasteiger partial charge in [0.15, 0.2) is 37.2 Å². The molecule has 29 heteroatoms. The molecule has 0 aromatic carbocycles. The number of nitrogens with one attached hydrogen (secondary N) is 1. The fraction of sp³-hybridized carbons (Fsp3) is 1.00. The summed E-state index contributed by atoms with van der Waals surface area (Å²) in [4.78, 5) is 0. The highest BCUT2D eigenvalue weighted by atomic mass is 16.8. The van der Waals surface area contributed by atoms with Crippen molar-refractivity contribution in [3.8, 4) is 0 Å². The summed E-state index contributed by atoms with van der Waals surface area (Å²) in [5, 5.41) is 187. The summed E-state index contributed by atoms with van der Waals surface area (Å²) in [7, 11) is 0. The van der Waals surface area contributed by atoms with Gasteiger partial charge in [-0.2, -0.15) is 0 Å². The first-order chi connectivity index (χ1) is 40.4. The molecule has 0 spiro atoms. The molecule has 490 valence electrons. The molecule has 0 unspecified atom stereocenters. The minimum absolute atomic E-state index is 0.0389. The van der Waals surface area contributed by atoms with Gasteiger partial charge in [-0.05, 0) is 97.7 Å². The van der Waals surface area contributed by atoms with E-state index in [4.69, 9.17) is 52.1 Å². The fourth-order valence-corrected chi connectivity index (χ4v) is 17.8. The molecule has 0 aromatic heterocycles. The fourth-order valence-electron chi connectivity index (χ4n) is 17.8. The zero-order valence-corrected chi connectivity index (χ0v) is 48.0. The van der Waals surface area contributed by atoms with Gasteiger partial charge >= 0.3 is 0 Å². The molecule has 7 aliphatic heterocycles. The van der Waals surface area contributed by atoms with Crippen LogP contribution in [-0.2, 0) is 52.1 Å². The third-order valence-corrected chi connectivity index (χ3v) is 22.3. The second-order valence-corrected chi connectivity index (χ2v) is 27.0. The maximum absolute atomic E-state index is 12.4. The number of rotatable bonds is 15. The summed E-state index contributed by atoms with van der Waals surface area (Å²) in [5.74, 6) is -0.0727. The van der Waals surface area contributed by atoms with Crippen LogP contribution in [-0.4, -0.2) is 304 Å². The number of piperidine rings is 1. The van der Waals surface area contributed by atoms with Crippen molar-refractivity contribution in [1.29, 1.82) is 0 Å². The quantitative estimate of drug-likeness (QED) is 0.0678. The highest BCUT2D eigenvalue weighted by Gasteiger charge is 2.68. The summed E-state index contributed by atoms with van der Waals surface area (Å²) < 4.78 is 66.3. The maximum atomic E-state index is 12.4. The van der Waals surface area contributed by atoms with Crippen molar-refractivity contribution in [3.63, 3.8) is 0 Å². The minimum atomic E-state index is -2.03. The molecule has 11 aliphatic rings. The lowest BCUT2D eigenvalue weighted by molar-refractivity contribution is -0.404. The van der Waals surface area contributed by atoms with Crippen molar-refractivity contribution in [1.82, 2.24) is 5.32 Å². The van der Waals surface area contributed by atoms with Crippen LogP contribution >= 0.6 is 0 Å². The number of aliphatic hydroxyl groups is 17. The van der Waals surface area contributed by atoms with Crippen LogP contribution in [0, 0.1) is 52.3 Å². The van der Waals surface area contributed by atoms with Gasteiger partial charge in [0.1, 0.15) is 116 Å². The molecular weight excluding hydrogens is 1130 g/mol. The van der Waals surface area contributed by atoms with Crippen LogP contribution in [0.1, 0.15) is 78.6 Å². The van der Waals surface area contributed by atoms with Crippen LogP contribution in [0.4, 0.5) is 0 Å². The number of fused-ring (bicyclic) bond motifs is 8. The molecule has 0 aromatic rings. The first kappa shape index (κ1) is 65.3. The van der Waals surface area contributed by atoms with E-state index in [1.807, 2.05) is 0 Å². The standard InChI is InChI=1S/C56H93NO28/c1-20-33-28(85-56(74)12-21(13-57-48(20)56)18-75-49-42(71)38(67)35(64)29(14-58)78-49)11-26-24-5-4-22-10-23(6-8-54(22,2)25(24)7-9-55(26,33)3)77-51-44(73)40(69)45(32(17-61)81-51)82-53-47(84-52-43(72)39(68)36(65)30(15-59)79-52)46(37(66)31(16-60)80-53)83-50-41(70)34(63)27(62)19-76-50/h20-53,57-74H,4-19H2,1-3H3/t20-,21-,22-,23-,24+,25-,26-,27+,28-,29+,30+,31+,32+,33-,34-,35+,36+,37+,38-,39-,40+,41+,42+,43+,44+,45-,46-,47+,48-,49+,50-,51+,52-,53-,54-,55-,56-/m0/s1. The Morgan fingerprint density at radius 2 is 1.08 bits per heavy atom. The Hall–Kier alpha value is -1.16. The number of ether oxygens (including phenoxy) is 11. The molecule has 0 amide bonds. The Bertz CT molecular complexity index is 2210. The molecule has 4 saturated carbocycles. The topological polar surface area (TPSA) is 457 Å². The Balaban J connectivity index is 0.731. The largest absolute Gasteiger partial charge is 0.394 e. The zero-order valence-electron chi connectivity index (χ0n) is 48.0.